The van der Waals surface area contributed by atoms with E-state index in [1.165, 1.54) is 0 Å². The van der Waals surface area contributed by atoms with Crippen LogP contribution in [0.1, 0.15) is 0 Å². The molecule has 0 aromatic carbocycles. The number of hydrogen-bond donors (Lipinski definition) is 0. The van der Waals surface area contributed by atoms with Crippen molar-refractivity contribution in [2.75, 3.05) is 26.3 Å². The first-order chi connectivity index (χ1) is 7.61. The highest BCUT2D eigenvalue weighted by atomic mass is 35.7. The van der Waals surface area contributed by atoms with Crippen molar-refractivity contribution in [1.29, 1.82) is 0 Å². The molecule has 0 radical (unpaired) electrons. The maximum absolute atomic E-state index is 11.4. The molecule has 2 aliphatic heterocycles. The molecule has 2 amide bonds. The third-order valence-corrected chi connectivity index (χ3v) is 3.34. The van der Waals surface area contributed by atoms with E-state index in [9.17, 15) is 14.2 Å². The van der Waals surface area contributed by atoms with Gasteiger partial charge in [-0.1, -0.05) is 4.89 Å². The summed E-state index contributed by atoms with van der Waals surface area (Å²) in [6, 6.07) is 0. The lowest BCUT2D eigenvalue weighted by molar-refractivity contribution is -0.0311. The summed E-state index contributed by atoms with van der Waals surface area (Å²) in [5, 5.41) is 2.06. The molecule has 90 valence electrons. The number of amides is 2. The van der Waals surface area contributed by atoms with Gasteiger partial charge in [-0.05, 0) is 11.2 Å². The van der Waals surface area contributed by atoms with Gasteiger partial charge in [-0.3, -0.25) is 4.57 Å². The van der Waals surface area contributed by atoms with Gasteiger partial charge in [0.15, 0.2) is 0 Å². The van der Waals surface area contributed by atoms with E-state index in [1.807, 2.05) is 0 Å². The number of carbonyl (C=O) groups excluding carboxylic acids is 2. The van der Waals surface area contributed by atoms with Gasteiger partial charge in [0.25, 0.3) is 7.30 Å². The second-order valence-corrected chi connectivity index (χ2v) is 4.89. The summed E-state index contributed by atoms with van der Waals surface area (Å²) in [7, 11) is -2.80. The molecule has 0 saturated carbocycles. The van der Waals surface area contributed by atoms with Gasteiger partial charge in [-0.15, -0.1) is 0 Å². The number of rotatable bonds is 3. The van der Waals surface area contributed by atoms with E-state index >= 15 is 0 Å². The smallest absolute Gasteiger partial charge is 0.426 e. The molecule has 0 bridgehead atoms. The van der Waals surface area contributed by atoms with Crippen LogP contribution in [0.2, 0.25) is 0 Å². The van der Waals surface area contributed by atoms with E-state index in [-0.39, 0.29) is 26.3 Å². The summed E-state index contributed by atoms with van der Waals surface area (Å²) in [5.41, 5.74) is 0. The minimum absolute atomic E-state index is 0.171. The fraction of sp³-hybridized carbons (Fsp3) is 0.667. The second-order valence-electron chi connectivity index (χ2n) is 3.02. The molecule has 2 heterocycles. The predicted octanol–water partition coefficient (Wildman–Crippen LogP) is 0.651. The van der Waals surface area contributed by atoms with Crippen molar-refractivity contribution in [3.63, 3.8) is 0 Å². The molecular weight excluding hydrogens is 261 g/mol. The number of halogens is 1. The van der Waals surface area contributed by atoms with Crippen LogP contribution in [-0.2, 0) is 14.0 Å². The maximum Gasteiger partial charge on any atom is 0.426 e. The van der Waals surface area contributed by atoms with Crippen LogP contribution in [0.4, 0.5) is 9.59 Å². The molecule has 1 unspecified atom stereocenters. The Balaban J connectivity index is 2.19. The van der Waals surface area contributed by atoms with Gasteiger partial charge >= 0.3 is 12.2 Å². The van der Waals surface area contributed by atoms with Crippen molar-refractivity contribution in [2.45, 2.75) is 0 Å². The van der Waals surface area contributed by atoms with Gasteiger partial charge in [0.05, 0.1) is 13.1 Å². The predicted molar refractivity (Wildman–Crippen MR) is 52.8 cm³/mol. The van der Waals surface area contributed by atoms with Gasteiger partial charge in [-0.25, -0.2) is 19.6 Å². The highest BCUT2D eigenvalue weighted by Crippen LogP contribution is 2.37. The zero-order chi connectivity index (χ0) is 11.7. The summed E-state index contributed by atoms with van der Waals surface area (Å²) in [5.74, 6) is 0. The van der Waals surface area contributed by atoms with Crippen molar-refractivity contribution < 1.29 is 23.6 Å². The Morgan fingerprint density at radius 1 is 1.12 bits per heavy atom. The Hall–Kier alpha value is -0.980. The molecule has 2 fully saturated rings. The van der Waals surface area contributed by atoms with Crippen LogP contribution in [-0.4, -0.2) is 53.4 Å². The summed E-state index contributed by atoms with van der Waals surface area (Å²) in [6.07, 6.45) is -1.36. The Morgan fingerprint density at radius 2 is 1.56 bits per heavy atom. The zero-order valence-electron chi connectivity index (χ0n) is 8.09. The van der Waals surface area contributed by atoms with Crippen molar-refractivity contribution in [3.8, 4) is 0 Å². The third-order valence-electron chi connectivity index (χ3n) is 2.09. The van der Waals surface area contributed by atoms with Crippen molar-refractivity contribution in [1.82, 2.24) is 14.9 Å². The van der Waals surface area contributed by atoms with Gasteiger partial charge in [0.1, 0.15) is 13.2 Å². The minimum atomic E-state index is -2.80. The SMILES string of the molecule is O=C1OCCN1N(N1CCOC1=O)[PH](=O)Cl. The topological polar surface area (TPSA) is 79.4 Å². The lowest BCUT2D eigenvalue weighted by Gasteiger charge is -2.31. The minimum Gasteiger partial charge on any atom is -0.446 e. The Bertz CT molecular complexity index is 327. The molecule has 0 spiro atoms. The van der Waals surface area contributed by atoms with E-state index < -0.39 is 19.5 Å². The molecule has 0 aromatic heterocycles. The average Bonchev–Trinajstić information content (AvgIpc) is 2.79. The first-order valence-electron chi connectivity index (χ1n) is 4.49. The average molecular weight is 270 g/mol. The molecule has 16 heavy (non-hydrogen) atoms. The molecule has 0 aliphatic carbocycles. The van der Waals surface area contributed by atoms with E-state index in [0.717, 1.165) is 14.9 Å². The summed E-state index contributed by atoms with van der Waals surface area (Å²) in [6.45, 7) is 0.742. The lowest BCUT2D eigenvalue weighted by atomic mass is 10.7. The fourth-order valence-electron chi connectivity index (χ4n) is 1.43. The van der Waals surface area contributed by atoms with E-state index in [0.29, 0.717) is 0 Å². The Kier molecular flexibility index (Phi) is 3.22. The van der Waals surface area contributed by atoms with Gasteiger partial charge in [0.2, 0.25) is 0 Å². The molecular formula is C6H9ClN3O5P. The second kappa shape index (κ2) is 4.48. The van der Waals surface area contributed by atoms with E-state index in [2.05, 4.69) is 9.47 Å². The van der Waals surface area contributed by atoms with Crippen LogP contribution in [0.25, 0.3) is 0 Å². The maximum atomic E-state index is 11.4. The van der Waals surface area contributed by atoms with Gasteiger partial charge in [0, 0.05) is 0 Å². The highest BCUT2D eigenvalue weighted by Gasteiger charge is 2.39. The third kappa shape index (κ3) is 1.95. The van der Waals surface area contributed by atoms with E-state index in [4.69, 9.17) is 11.2 Å². The summed E-state index contributed by atoms with van der Waals surface area (Å²) < 4.78 is 20.7. The standard InChI is InChI=1S/C6H9ClN3O5P/c7-16(13)10(8-1-3-14-5(8)11)9-2-4-15-6(9)12/h16H,1-4H2. The molecule has 2 aliphatic rings. The lowest BCUT2D eigenvalue weighted by Crippen LogP contribution is -2.49. The largest absolute Gasteiger partial charge is 0.446 e. The first kappa shape index (κ1) is 11.5. The molecule has 8 nitrogen and oxygen atoms in total. The van der Waals surface area contributed by atoms with Crippen LogP contribution < -0.4 is 0 Å². The highest BCUT2D eigenvalue weighted by molar-refractivity contribution is 7.71. The molecule has 2 saturated heterocycles. The van der Waals surface area contributed by atoms with Gasteiger partial charge < -0.3 is 9.47 Å². The normalized spacial score (nSPS) is 22.6. The number of hydrogen-bond acceptors (Lipinski definition) is 5. The number of ether oxygens (including phenoxy) is 2. The quantitative estimate of drug-likeness (QED) is 0.700. The van der Waals surface area contributed by atoms with Crippen LogP contribution in [0.15, 0.2) is 0 Å². The van der Waals surface area contributed by atoms with Crippen molar-refractivity contribution >= 4 is 30.7 Å². The molecule has 10 heteroatoms. The molecule has 0 N–H and O–H groups in total. The summed E-state index contributed by atoms with van der Waals surface area (Å²) >= 11 is 5.51. The number of cyclic esters (lactones) is 2. The van der Waals surface area contributed by atoms with Crippen LogP contribution >= 0.6 is 18.5 Å². The first-order valence-corrected chi connectivity index (χ1v) is 6.86. The van der Waals surface area contributed by atoms with E-state index in [1.54, 1.807) is 0 Å². The molecule has 0 aromatic rings. The Morgan fingerprint density at radius 3 is 1.81 bits per heavy atom. The van der Waals surface area contributed by atoms with Gasteiger partial charge in [-0.2, -0.15) is 0 Å². The number of carbonyl (C=O) groups is 2. The fourth-order valence-corrected chi connectivity index (χ4v) is 2.73. The van der Waals surface area contributed by atoms with Crippen LogP contribution in [0.5, 0.6) is 0 Å². The van der Waals surface area contributed by atoms with Crippen LogP contribution in [0, 0.1) is 0 Å². The molecule has 2 rings (SSSR count). The molecule has 1 atom stereocenters. The zero-order valence-corrected chi connectivity index (χ0v) is 9.85. The van der Waals surface area contributed by atoms with Crippen LogP contribution in [0.3, 0.4) is 0 Å². The van der Waals surface area contributed by atoms with Crippen molar-refractivity contribution in [3.05, 3.63) is 0 Å². The summed E-state index contributed by atoms with van der Waals surface area (Å²) in [4.78, 5) is 23.5. The monoisotopic (exact) mass is 269 g/mol. The Labute approximate surface area is 96.2 Å². The van der Waals surface area contributed by atoms with Crippen molar-refractivity contribution in [2.24, 2.45) is 0 Å². The number of hydrazine groups is 2. The number of nitrogens with zero attached hydrogens (tertiary/aromatic N) is 3.